The van der Waals surface area contributed by atoms with Crippen LogP contribution in [-0.2, 0) is 11.3 Å². The van der Waals surface area contributed by atoms with Crippen LogP contribution >= 0.6 is 0 Å². The van der Waals surface area contributed by atoms with Gasteiger partial charge in [0.25, 0.3) is 0 Å². The average molecular weight is 355 g/mol. The van der Waals surface area contributed by atoms with Crippen molar-refractivity contribution >= 4 is 5.97 Å². The van der Waals surface area contributed by atoms with Gasteiger partial charge in [0, 0.05) is 23.5 Å². The Bertz CT molecular complexity index is 871. The fraction of sp³-hybridized carbons (Fsp3) is 0.333. The van der Waals surface area contributed by atoms with Gasteiger partial charge in [0.1, 0.15) is 11.4 Å². The van der Waals surface area contributed by atoms with Crippen LogP contribution < -0.4 is 4.74 Å². The van der Waals surface area contributed by atoms with Crippen molar-refractivity contribution in [1.29, 1.82) is 0 Å². The van der Waals surface area contributed by atoms with E-state index in [-0.39, 0.29) is 18.4 Å². The van der Waals surface area contributed by atoms with Crippen LogP contribution in [0.2, 0.25) is 0 Å². The fourth-order valence-electron chi connectivity index (χ4n) is 2.56. The highest BCUT2D eigenvalue weighted by Crippen LogP contribution is 2.28. The minimum atomic E-state index is -0.507. The lowest BCUT2D eigenvalue weighted by Gasteiger charge is -2.15. The van der Waals surface area contributed by atoms with Crippen LogP contribution in [0.4, 0.5) is 0 Å². The average Bonchev–Trinajstić information content (AvgIpc) is 3.27. The molecule has 0 bridgehead atoms. The number of aromatic amines is 1. The molecule has 0 radical (unpaired) electrons. The number of rotatable bonds is 7. The zero-order chi connectivity index (χ0) is 18.5. The van der Waals surface area contributed by atoms with Gasteiger partial charge in [-0.25, -0.2) is 4.79 Å². The first-order valence-corrected chi connectivity index (χ1v) is 8.43. The van der Waals surface area contributed by atoms with Gasteiger partial charge in [-0.05, 0) is 45.0 Å². The molecule has 2 heterocycles. The first-order chi connectivity index (χ1) is 12.6. The maximum Gasteiger partial charge on any atom is 0.361 e. The second kappa shape index (κ2) is 7.81. The number of aromatic nitrogens is 5. The summed E-state index contributed by atoms with van der Waals surface area (Å²) in [6.07, 6.45) is 3.65. The number of esters is 1. The summed E-state index contributed by atoms with van der Waals surface area (Å²) in [5.74, 6) is 0.257. The summed E-state index contributed by atoms with van der Waals surface area (Å²) in [5.41, 5.74) is 2.29. The molecule has 0 atom stereocenters. The van der Waals surface area contributed by atoms with Gasteiger partial charge in [-0.15, -0.1) is 5.10 Å². The molecule has 0 saturated heterocycles. The van der Waals surface area contributed by atoms with Crippen LogP contribution in [-0.4, -0.2) is 43.9 Å². The summed E-state index contributed by atoms with van der Waals surface area (Å²) < 4.78 is 12.8. The Morgan fingerprint density at radius 2 is 2.15 bits per heavy atom. The highest BCUT2D eigenvalue weighted by molar-refractivity contribution is 5.94. The molecule has 8 heteroatoms. The largest absolute Gasteiger partial charge is 0.491 e. The van der Waals surface area contributed by atoms with Gasteiger partial charge < -0.3 is 9.47 Å². The van der Waals surface area contributed by atoms with Gasteiger partial charge in [-0.1, -0.05) is 0 Å². The van der Waals surface area contributed by atoms with Gasteiger partial charge >= 0.3 is 5.97 Å². The van der Waals surface area contributed by atoms with Crippen molar-refractivity contribution in [3.63, 3.8) is 0 Å². The van der Waals surface area contributed by atoms with Crippen molar-refractivity contribution in [1.82, 2.24) is 25.2 Å². The van der Waals surface area contributed by atoms with Crippen LogP contribution in [0, 0.1) is 0 Å². The van der Waals surface area contributed by atoms with E-state index in [2.05, 4.69) is 20.5 Å². The minimum Gasteiger partial charge on any atom is -0.491 e. The molecule has 0 aliphatic heterocycles. The number of carbonyl (C=O) groups is 1. The maximum absolute atomic E-state index is 12.1. The first-order valence-electron chi connectivity index (χ1n) is 8.43. The third-order valence-electron chi connectivity index (χ3n) is 3.60. The number of hydrogen-bond donors (Lipinski definition) is 1. The summed E-state index contributed by atoms with van der Waals surface area (Å²) in [7, 11) is 0. The molecule has 136 valence electrons. The van der Waals surface area contributed by atoms with Crippen LogP contribution in [0.1, 0.15) is 36.8 Å². The zero-order valence-corrected chi connectivity index (χ0v) is 15.0. The van der Waals surface area contributed by atoms with Gasteiger partial charge in [-0.3, -0.25) is 4.68 Å². The molecule has 1 N–H and O–H groups in total. The predicted octanol–water partition coefficient (Wildman–Crippen LogP) is 2.68. The molecule has 0 fully saturated rings. The molecule has 0 amide bonds. The number of nitrogens with zero attached hydrogens (tertiary/aromatic N) is 4. The molecule has 0 aliphatic rings. The highest BCUT2D eigenvalue weighted by atomic mass is 16.5. The molecular formula is C18H21N5O3. The number of nitrogens with one attached hydrogen (secondary N) is 1. The smallest absolute Gasteiger partial charge is 0.361 e. The molecule has 2 aromatic heterocycles. The second-order valence-corrected chi connectivity index (χ2v) is 5.93. The van der Waals surface area contributed by atoms with E-state index in [1.807, 2.05) is 44.3 Å². The van der Waals surface area contributed by atoms with E-state index in [0.717, 1.165) is 16.9 Å². The lowest BCUT2D eigenvalue weighted by Crippen LogP contribution is -2.10. The second-order valence-electron chi connectivity index (χ2n) is 5.93. The third kappa shape index (κ3) is 3.90. The summed E-state index contributed by atoms with van der Waals surface area (Å²) >= 11 is 0. The number of H-pyrrole nitrogens is 1. The number of carbonyl (C=O) groups excluding carboxylic acids is 1. The molecule has 3 aromatic rings. The van der Waals surface area contributed by atoms with E-state index in [1.54, 1.807) is 17.8 Å². The summed E-state index contributed by atoms with van der Waals surface area (Å²) in [4.78, 5) is 12.1. The van der Waals surface area contributed by atoms with E-state index in [4.69, 9.17) is 9.47 Å². The molecule has 0 aliphatic carbocycles. The molecule has 26 heavy (non-hydrogen) atoms. The van der Waals surface area contributed by atoms with E-state index in [1.165, 1.54) is 0 Å². The Morgan fingerprint density at radius 3 is 2.85 bits per heavy atom. The quantitative estimate of drug-likeness (QED) is 0.655. The van der Waals surface area contributed by atoms with E-state index in [9.17, 15) is 4.79 Å². The topological polar surface area (TPSA) is 94.9 Å². The monoisotopic (exact) mass is 355 g/mol. The van der Waals surface area contributed by atoms with Crippen molar-refractivity contribution in [3.05, 3.63) is 47.9 Å². The Labute approximate surface area is 151 Å². The molecule has 0 saturated carbocycles. The Morgan fingerprint density at radius 1 is 1.31 bits per heavy atom. The highest BCUT2D eigenvalue weighted by Gasteiger charge is 2.20. The Balaban J connectivity index is 1.99. The third-order valence-corrected chi connectivity index (χ3v) is 3.60. The molecule has 8 nitrogen and oxygen atoms in total. The molecule has 0 spiro atoms. The zero-order valence-electron chi connectivity index (χ0n) is 15.0. The fourth-order valence-corrected chi connectivity index (χ4v) is 2.56. The van der Waals surface area contributed by atoms with Crippen LogP contribution in [0.15, 0.2) is 36.7 Å². The maximum atomic E-state index is 12.1. The van der Waals surface area contributed by atoms with Crippen molar-refractivity contribution in [3.8, 4) is 17.0 Å². The van der Waals surface area contributed by atoms with Crippen LogP contribution in [0.25, 0.3) is 11.3 Å². The normalized spacial score (nSPS) is 10.9. The van der Waals surface area contributed by atoms with Gasteiger partial charge in [0.05, 0.1) is 19.3 Å². The van der Waals surface area contributed by atoms with Crippen molar-refractivity contribution in [2.24, 2.45) is 0 Å². The standard InChI is InChI=1S/C18H21N5O3/c1-4-25-18(24)17-16(20-22-21-17)13-6-7-15(26-12(2)3)14(10-13)11-23-9-5-8-19-23/h5-10,12H,4,11H2,1-3H3,(H,20,21,22). The summed E-state index contributed by atoms with van der Waals surface area (Å²) in [6.45, 7) is 6.51. The van der Waals surface area contributed by atoms with E-state index >= 15 is 0 Å². The SMILES string of the molecule is CCOC(=O)c1n[nH]nc1-c1ccc(OC(C)C)c(Cn2cccn2)c1. The lowest BCUT2D eigenvalue weighted by atomic mass is 10.1. The van der Waals surface area contributed by atoms with E-state index < -0.39 is 5.97 Å². The lowest BCUT2D eigenvalue weighted by molar-refractivity contribution is 0.0520. The van der Waals surface area contributed by atoms with Gasteiger partial charge in [-0.2, -0.15) is 15.4 Å². The minimum absolute atomic E-state index is 0.0411. The van der Waals surface area contributed by atoms with Crippen LogP contribution in [0.5, 0.6) is 5.75 Å². The van der Waals surface area contributed by atoms with Crippen molar-refractivity contribution in [2.75, 3.05) is 6.61 Å². The molecule has 3 rings (SSSR count). The first kappa shape index (κ1) is 17.7. The predicted molar refractivity (Wildman–Crippen MR) is 94.9 cm³/mol. The molecular weight excluding hydrogens is 334 g/mol. The molecule has 1 aromatic carbocycles. The van der Waals surface area contributed by atoms with E-state index in [0.29, 0.717) is 12.2 Å². The van der Waals surface area contributed by atoms with Gasteiger partial charge in [0.2, 0.25) is 0 Å². The summed E-state index contributed by atoms with van der Waals surface area (Å²) in [5, 5.41) is 14.8. The summed E-state index contributed by atoms with van der Waals surface area (Å²) in [6, 6.07) is 7.52. The number of hydrogen-bond acceptors (Lipinski definition) is 6. The van der Waals surface area contributed by atoms with Crippen LogP contribution in [0.3, 0.4) is 0 Å². The molecule has 0 unspecified atom stereocenters. The van der Waals surface area contributed by atoms with Crippen molar-refractivity contribution in [2.45, 2.75) is 33.4 Å². The van der Waals surface area contributed by atoms with Gasteiger partial charge in [0.15, 0.2) is 5.69 Å². The Kier molecular flexibility index (Phi) is 5.31. The number of ether oxygens (including phenoxy) is 2. The Hall–Kier alpha value is -3.16. The number of benzene rings is 1. The van der Waals surface area contributed by atoms with Crippen molar-refractivity contribution < 1.29 is 14.3 Å².